The van der Waals surface area contributed by atoms with Gasteiger partial charge in [0.2, 0.25) is 11.7 Å². The van der Waals surface area contributed by atoms with E-state index in [1.54, 1.807) is 23.3 Å². The van der Waals surface area contributed by atoms with Gasteiger partial charge in [0.15, 0.2) is 0 Å². The first kappa shape index (κ1) is 26.8. The number of halogens is 3. The average molecular weight is 547 g/mol. The molecule has 0 spiro atoms. The van der Waals surface area contributed by atoms with Gasteiger partial charge >= 0.3 is 6.18 Å². The Balaban J connectivity index is 1.37. The summed E-state index contributed by atoms with van der Waals surface area (Å²) in [5.74, 6) is -0.582. The lowest BCUT2D eigenvalue weighted by Crippen LogP contribution is -2.27. The molecule has 1 saturated carbocycles. The van der Waals surface area contributed by atoms with Crippen molar-refractivity contribution in [2.75, 3.05) is 18.5 Å². The maximum atomic E-state index is 13.0. The average Bonchev–Trinajstić information content (AvgIpc) is 3.53. The molecule has 0 saturated heterocycles. The Labute approximate surface area is 221 Å². The second-order valence-electron chi connectivity index (χ2n) is 9.46. The van der Waals surface area contributed by atoms with Crippen LogP contribution in [0, 0.1) is 0 Å². The summed E-state index contributed by atoms with van der Waals surface area (Å²) in [6.07, 6.45) is 3.09. The normalized spacial score (nSPS) is 18.8. The largest absolute Gasteiger partial charge is 0.474 e. The van der Waals surface area contributed by atoms with E-state index in [4.69, 9.17) is 14.9 Å². The zero-order valence-corrected chi connectivity index (χ0v) is 21.2. The SMILES string of the molecule is CCNc1cc2c(cn1)c(-c1cnn(C[C@@H](O)CO)c1)nn2[C@H]1CC[C@@H](Oc2ccnc(C(F)(F)F)n2)CC1. The Morgan fingerprint density at radius 1 is 1.18 bits per heavy atom. The quantitative estimate of drug-likeness (QED) is 0.288. The molecule has 1 aliphatic carbocycles. The second-order valence-corrected chi connectivity index (χ2v) is 9.46. The molecule has 0 amide bonds. The minimum absolute atomic E-state index is 0.0420. The molecule has 3 N–H and O–H groups in total. The molecule has 5 rings (SSSR count). The third-order valence-electron chi connectivity index (χ3n) is 6.63. The highest BCUT2D eigenvalue weighted by atomic mass is 19.4. The second kappa shape index (κ2) is 11.1. The van der Waals surface area contributed by atoms with Crippen molar-refractivity contribution in [1.29, 1.82) is 0 Å². The third-order valence-corrected chi connectivity index (χ3v) is 6.63. The number of nitrogens with one attached hydrogen (secondary N) is 1. The number of hydrogen-bond acceptors (Lipinski definition) is 9. The highest BCUT2D eigenvalue weighted by molar-refractivity contribution is 5.93. The summed E-state index contributed by atoms with van der Waals surface area (Å²) in [7, 11) is 0. The third kappa shape index (κ3) is 5.96. The number of aliphatic hydroxyl groups excluding tert-OH is 2. The van der Waals surface area contributed by atoms with Gasteiger partial charge in [-0.2, -0.15) is 28.4 Å². The number of anilines is 1. The van der Waals surface area contributed by atoms with Crippen molar-refractivity contribution in [1.82, 2.24) is 34.5 Å². The predicted octanol–water partition coefficient (Wildman–Crippen LogP) is 3.45. The van der Waals surface area contributed by atoms with Crippen molar-refractivity contribution in [3.05, 3.63) is 42.7 Å². The number of hydrogen-bond donors (Lipinski definition) is 3. The van der Waals surface area contributed by atoms with Crippen LogP contribution in [0.4, 0.5) is 19.0 Å². The molecule has 0 aromatic carbocycles. The van der Waals surface area contributed by atoms with Gasteiger partial charge in [-0.15, -0.1) is 0 Å². The van der Waals surface area contributed by atoms with Crippen LogP contribution >= 0.6 is 0 Å². The minimum Gasteiger partial charge on any atom is -0.474 e. The highest BCUT2D eigenvalue weighted by Gasteiger charge is 2.35. The molecule has 208 valence electrons. The van der Waals surface area contributed by atoms with Crippen molar-refractivity contribution >= 4 is 16.7 Å². The van der Waals surface area contributed by atoms with Crippen molar-refractivity contribution < 1.29 is 28.1 Å². The van der Waals surface area contributed by atoms with Crippen LogP contribution < -0.4 is 10.1 Å². The standard InChI is InChI=1S/C25H29F3N8O3/c1-2-29-21-9-20-19(11-31-21)23(15-10-32-35(12-15)13-17(38)14-37)34-36(20)16-3-5-18(6-4-16)39-22-7-8-30-24(33-22)25(26,27)28/h7-12,16-18,37-38H,2-6,13-14H2,1H3,(H,29,31)/t16-,17-,18+/m1/s1. The molecular weight excluding hydrogens is 517 g/mol. The van der Waals surface area contributed by atoms with Gasteiger partial charge in [0.25, 0.3) is 0 Å². The van der Waals surface area contributed by atoms with E-state index in [1.165, 1.54) is 6.07 Å². The Bertz CT molecular complexity index is 1420. The van der Waals surface area contributed by atoms with Crippen LogP contribution in [-0.4, -0.2) is 70.1 Å². The smallest absolute Gasteiger partial charge is 0.451 e. The van der Waals surface area contributed by atoms with E-state index in [-0.39, 0.29) is 31.2 Å². The zero-order chi connectivity index (χ0) is 27.6. The lowest BCUT2D eigenvalue weighted by molar-refractivity contribution is -0.145. The van der Waals surface area contributed by atoms with Gasteiger partial charge in [-0.1, -0.05) is 0 Å². The lowest BCUT2D eigenvalue weighted by atomic mass is 9.93. The van der Waals surface area contributed by atoms with Crippen LogP contribution in [0.1, 0.15) is 44.5 Å². The summed E-state index contributed by atoms with van der Waals surface area (Å²) in [6.45, 7) is 2.48. The molecule has 4 heterocycles. The molecule has 4 aromatic rings. The fourth-order valence-corrected chi connectivity index (χ4v) is 4.78. The fourth-order valence-electron chi connectivity index (χ4n) is 4.78. The van der Waals surface area contributed by atoms with E-state index < -0.39 is 18.1 Å². The number of nitrogens with zero attached hydrogens (tertiary/aromatic N) is 7. The minimum atomic E-state index is -4.63. The van der Waals surface area contributed by atoms with Crippen molar-refractivity contribution in [2.45, 2.75) is 63.6 Å². The summed E-state index contributed by atoms with van der Waals surface area (Å²) in [6, 6.07) is 3.33. The number of fused-ring (bicyclic) bond motifs is 1. The highest BCUT2D eigenvalue weighted by Crippen LogP contribution is 2.36. The van der Waals surface area contributed by atoms with E-state index >= 15 is 0 Å². The van der Waals surface area contributed by atoms with Crippen molar-refractivity contribution in [3.8, 4) is 17.1 Å². The number of rotatable bonds is 9. The molecule has 1 atom stereocenters. The summed E-state index contributed by atoms with van der Waals surface area (Å²) >= 11 is 0. The van der Waals surface area contributed by atoms with Crippen LogP contribution in [0.3, 0.4) is 0 Å². The summed E-state index contributed by atoms with van der Waals surface area (Å²) in [4.78, 5) is 11.3. The number of ether oxygens (including phenoxy) is 1. The molecule has 4 aromatic heterocycles. The van der Waals surface area contributed by atoms with Crippen LogP contribution in [0.5, 0.6) is 5.88 Å². The first-order valence-electron chi connectivity index (χ1n) is 12.8. The molecule has 0 aliphatic heterocycles. The van der Waals surface area contributed by atoms with E-state index in [9.17, 15) is 18.3 Å². The Kier molecular flexibility index (Phi) is 7.66. The number of aromatic nitrogens is 7. The molecule has 39 heavy (non-hydrogen) atoms. The van der Waals surface area contributed by atoms with Crippen LogP contribution in [-0.2, 0) is 12.7 Å². The van der Waals surface area contributed by atoms with Crippen LogP contribution in [0.15, 0.2) is 36.9 Å². The first-order chi connectivity index (χ1) is 18.7. The van der Waals surface area contributed by atoms with E-state index in [2.05, 4.69) is 25.4 Å². The van der Waals surface area contributed by atoms with Crippen LogP contribution in [0.2, 0.25) is 0 Å². The van der Waals surface area contributed by atoms with E-state index in [1.807, 2.05) is 17.7 Å². The molecule has 0 bridgehead atoms. The monoisotopic (exact) mass is 546 g/mol. The zero-order valence-electron chi connectivity index (χ0n) is 21.2. The lowest BCUT2D eigenvalue weighted by Gasteiger charge is -2.29. The van der Waals surface area contributed by atoms with Crippen molar-refractivity contribution in [3.63, 3.8) is 0 Å². The summed E-state index contributed by atoms with van der Waals surface area (Å²) in [5, 5.41) is 32.2. The van der Waals surface area contributed by atoms with Gasteiger partial charge in [-0.3, -0.25) is 9.36 Å². The topological polar surface area (TPSA) is 136 Å². The predicted molar refractivity (Wildman–Crippen MR) is 135 cm³/mol. The summed E-state index contributed by atoms with van der Waals surface area (Å²) < 4.78 is 48.2. The van der Waals surface area contributed by atoms with Gasteiger partial charge in [0, 0.05) is 48.2 Å². The molecular formula is C25H29F3N8O3. The molecule has 0 unspecified atom stereocenters. The number of aliphatic hydroxyl groups is 2. The van der Waals surface area contributed by atoms with Gasteiger partial charge in [-0.25, -0.2) is 9.97 Å². The molecule has 11 nitrogen and oxygen atoms in total. The number of pyridine rings is 1. The molecule has 1 fully saturated rings. The van der Waals surface area contributed by atoms with Gasteiger partial charge < -0.3 is 20.3 Å². The van der Waals surface area contributed by atoms with Gasteiger partial charge in [0.1, 0.15) is 17.6 Å². The number of alkyl halides is 3. The Morgan fingerprint density at radius 2 is 1.97 bits per heavy atom. The van der Waals surface area contributed by atoms with Crippen molar-refractivity contribution in [2.24, 2.45) is 0 Å². The maximum absolute atomic E-state index is 13.0. The Hall–Kier alpha value is -3.78. The fraction of sp³-hybridized carbons (Fsp3) is 0.480. The Morgan fingerprint density at radius 3 is 2.69 bits per heavy atom. The molecule has 1 aliphatic rings. The first-order valence-corrected chi connectivity index (χ1v) is 12.8. The molecule has 0 radical (unpaired) electrons. The molecule has 14 heteroatoms. The summed E-state index contributed by atoms with van der Waals surface area (Å²) in [5.41, 5.74) is 2.35. The van der Waals surface area contributed by atoms with E-state index in [0.717, 1.165) is 28.5 Å². The van der Waals surface area contributed by atoms with E-state index in [0.29, 0.717) is 37.9 Å². The van der Waals surface area contributed by atoms with Crippen LogP contribution in [0.25, 0.3) is 22.2 Å². The maximum Gasteiger partial charge on any atom is 0.451 e. The van der Waals surface area contributed by atoms with Gasteiger partial charge in [-0.05, 0) is 32.6 Å². The van der Waals surface area contributed by atoms with Gasteiger partial charge in [0.05, 0.1) is 37.0 Å².